The molecule has 5 nitrogen and oxygen atoms in total. The Hall–Kier alpha value is -1.75. The van der Waals surface area contributed by atoms with E-state index in [4.69, 9.17) is 9.47 Å². The highest BCUT2D eigenvalue weighted by molar-refractivity contribution is 5.82. The minimum absolute atomic E-state index is 0.0682. The Morgan fingerprint density at radius 3 is 2.29 bits per heavy atom. The van der Waals surface area contributed by atoms with E-state index in [9.17, 15) is 4.79 Å². The van der Waals surface area contributed by atoms with Gasteiger partial charge >= 0.3 is 0 Å². The highest BCUT2D eigenvalue weighted by Gasteiger charge is 2.51. The van der Waals surface area contributed by atoms with Crippen LogP contribution < -0.4 is 14.8 Å². The summed E-state index contributed by atoms with van der Waals surface area (Å²) < 4.78 is 10.8. The Balaban J connectivity index is 1.40. The number of hydrogen-bond donors (Lipinski definition) is 1. The van der Waals surface area contributed by atoms with Gasteiger partial charge in [-0.1, -0.05) is 6.07 Å². The molecule has 0 aromatic heterocycles. The molecule has 4 aliphatic rings. The molecule has 0 heterocycles. The first-order valence-corrected chi connectivity index (χ1v) is 10.6. The highest BCUT2D eigenvalue weighted by Crippen LogP contribution is 2.55. The number of carbonyl (C=O) groups is 1. The number of amides is 1. The zero-order chi connectivity index (χ0) is 19.9. The molecule has 5 rings (SSSR count). The molecule has 1 amide bonds. The molecule has 4 bridgehead atoms. The standard InChI is InChI=1S/C23H34N2O3/c1-15(25(2)14-19-5-6-20(27-3)10-21(19)28-4)22(26)24-23-11-16-7-17(12-23)9-18(8-16)13-23/h5-6,10,15-18H,7-9,11-14H2,1-4H3,(H,24,26)/t15-,16?,17?,18?,23?/m0/s1. The van der Waals surface area contributed by atoms with Crippen LogP contribution in [0.2, 0.25) is 0 Å². The monoisotopic (exact) mass is 386 g/mol. The van der Waals surface area contributed by atoms with Crippen LogP contribution in [0.3, 0.4) is 0 Å². The van der Waals surface area contributed by atoms with E-state index in [0.717, 1.165) is 34.8 Å². The second kappa shape index (κ2) is 7.58. The quantitative estimate of drug-likeness (QED) is 0.778. The van der Waals surface area contributed by atoms with Crippen LogP contribution in [0.25, 0.3) is 0 Å². The molecule has 0 unspecified atom stereocenters. The molecule has 4 aliphatic carbocycles. The van der Waals surface area contributed by atoms with Crippen molar-refractivity contribution in [2.45, 2.75) is 63.6 Å². The lowest BCUT2D eigenvalue weighted by atomic mass is 9.53. The number of ether oxygens (including phenoxy) is 2. The van der Waals surface area contributed by atoms with Gasteiger partial charge in [0.05, 0.1) is 20.3 Å². The number of likely N-dealkylation sites (N-methyl/N-ethyl adjacent to an activating group) is 1. The lowest BCUT2D eigenvalue weighted by molar-refractivity contribution is -0.131. The number of benzene rings is 1. The van der Waals surface area contributed by atoms with Crippen LogP contribution in [-0.2, 0) is 11.3 Å². The van der Waals surface area contributed by atoms with Gasteiger partial charge in [-0.15, -0.1) is 0 Å². The van der Waals surface area contributed by atoms with Gasteiger partial charge in [-0.05, 0) is 76.3 Å². The highest BCUT2D eigenvalue weighted by atomic mass is 16.5. The average Bonchev–Trinajstić information content (AvgIpc) is 2.66. The van der Waals surface area contributed by atoms with Gasteiger partial charge in [0.25, 0.3) is 0 Å². The van der Waals surface area contributed by atoms with Crippen molar-refractivity contribution in [2.24, 2.45) is 17.8 Å². The fraction of sp³-hybridized carbons (Fsp3) is 0.696. The van der Waals surface area contributed by atoms with E-state index in [-0.39, 0.29) is 17.5 Å². The first-order valence-electron chi connectivity index (χ1n) is 10.6. The van der Waals surface area contributed by atoms with E-state index in [1.165, 1.54) is 38.5 Å². The molecule has 28 heavy (non-hydrogen) atoms. The third kappa shape index (κ3) is 3.73. The molecule has 4 saturated carbocycles. The SMILES string of the molecule is COc1ccc(CN(C)[C@@H](C)C(=O)NC23CC4CC(CC(C4)C2)C3)c(OC)c1. The van der Waals surface area contributed by atoms with E-state index in [1.807, 2.05) is 32.2 Å². The Morgan fingerprint density at radius 1 is 1.14 bits per heavy atom. The molecule has 0 spiro atoms. The zero-order valence-electron chi connectivity index (χ0n) is 17.7. The van der Waals surface area contributed by atoms with Crippen LogP contribution in [0.1, 0.15) is 51.0 Å². The van der Waals surface area contributed by atoms with E-state index < -0.39 is 0 Å². The molecule has 0 saturated heterocycles. The van der Waals surface area contributed by atoms with Gasteiger partial charge in [-0.25, -0.2) is 0 Å². The molecular formula is C23H34N2O3. The fourth-order valence-electron chi connectivity index (χ4n) is 6.22. The Bertz CT molecular complexity index is 697. The summed E-state index contributed by atoms with van der Waals surface area (Å²) in [6.45, 7) is 2.66. The van der Waals surface area contributed by atoms with Crippen molar-refractivity contribution in [2.75, 3.05) is 21.3 Å². The molecular weight excluding hydrogens is 352 g/mol. The average molecular weight is 387 g/mol. The van der Waals surface area contributed by atoms with E-state index in [1.54, 1.807) is 14.2 Å². The second-order valence-corrected chi connectivity index (χ2v) is 9.46. The Labute approximate surface area is 168 Å². The molecule has 0 aliphatic heterocycles. The lowest BCUT2D eigenvalue weighted by Crippen LogP contribution is -2.62. The van der Waals surface area contributed by atoms with Gasteiger partial charge in [0, 0.05) is 23.7 Å². The normalized spacial score (nSPS) is 31.7. The van der Waals surface area contributed by atoms with Gasteiger partial charge in [0.2, 0.25) is 5.91 Å². The van der Waals surface area contributed by atoms with Crippen LogP contribution >= 0.6 is 0 Å². The Morgan fingerprint density at radius 2 is 1.75 bits per heavy atom. The predicted molar refractivity (Wildman–Crippen MR) is 110 cm³/mol. The van der Waals surface area contributed by atoms with Crippen molar-refractivity contribution >= 4 is 5.91 Å². The third-order valence-electron chi connectivity index (χ3n) is 7.38. The third-order valence-corrected chi connectivity index (χ3v) is 7.38. The summed E-state index contributed by atoms with van der Waals surface area (Å²) in [7, 11) is 5.33. The van der Waals surface area contributed by atoms with Crippen LogP contribution in [-0.4, -0.2) is 43.7 Å². The van der Waals surface area contributed by atoms with E-state index in [2.05, 4.69) is 10.2 Å². The summed E-state index contributed by atoms with van der Waals surface area (Å²) >= 11 is 0. The number of carbonyl (C=O) groups excluding carboxylic acids is 1. The molecule has 0 radical (unpaired) electrons. The smallest absolute Gasteiger partial charge is 0.237 e. The van der Waals surface area contributed by atoms with Gasteiger partial charge < -0.3 is 14.8 Å². The van der Waals surface area contributed by atoms with Crippen LogP contribution in [0.5, 0.6) is 11.5 Å². The number of nitrogens with one attached hydrogen (secondary N) is 1. The first kappa shape index (κ1) is 19.6. The number of hydrogen-bond acceptors (Lipinski definition) is 4. The van der Waals surface area contributed by atoms with Crippen molar-refractivity contribution in [3.05, 3.63) is 23.8 Å². The summed E-state index contributed by atoms with van der Waals surface area (Å²) in [5.41, 5.74) is 1.12. The molecule has 4 fully saturated rings. The molecule has 154 valence electrons. The van der Waals surface area contributed by atoms with Gasteiger partial charge in [-0.3, -0.25) is 9.69 Å². The summed E-state index contributed by atoms with van der Waals surface area (Å²) in [6, 6.07) is 5.66. The zero-order valence-corrected chi connectivity index (χ0v) is 17.7. The number of rotatable bonds is 7. The minimum Gasteiger partial charge on any atom is -0.497 e. The second-order valence-electron chi connectivity index (χ2n) is 9.46. The molecule has 1 aromatic rings. The lowest BCUT2D eigenvalue weighted by Gasteiger charge is -2.57. The van der Waals surface area contributed by atoms with Crippen LogP contribution in [0.15, 0.2) is 18.2 Å². The minimum atomic E-state index is -0.181. The maximum atomic E-state index is 13.1. The van der Waals surface area contributed by atoms with Gasteiger partial charge in [0.15, 0.2) is 0 Å². The van der Waals surface area contributed by atoms with Crippen molar-refractivity contribution in [1.82, 2.24) is 10.2 Å². The van der Waals surface area contributed by atoms with Gasteiger partial charge in [-0.2, -0.15) is 0 Å². The number of nitrogens with zero attached hydrogens (tertiary/aromatic N) is 1. The first-order chi connectivity index (χ1) is 13.4. The van der Waals surface area contributed by atoms with Crippen LogP contribution in [0, 0.1) is 17.8 Å². The van der Waals surface area contributed by atoms with Crippen molar-refractivity contribution in [3.8, 4) is 11.5 Å². The predicted octanol–water partition coefficient (Wildman–Crippen LogP) is 3.61. The summed E-state index contributed by atoms with van der Waals surface area (Å²) in [6.07, 6.45) is 7.74. The fourth-order valence-corrected chi connectivity index (χ4v) is 6.22. The summed E-state index contributed by atoms with van der Waals surface area (Å²) in [5, 5.41) is 3.51. The maximum Gasteiger partial charge on any atom is 0.237 e. The molecule has 1 atom stereocenters. The van der Waals surface area contributed by atoms with Crippen molar-refractivity contribution in [1.29, 1.82) is 0 Å². The Kier molecular flexibility index (Phi) is 5.30. The van der Waals surface area contributed by atoms with Crippen molar-refractivity contribution < 1.29 is 14.3 Å². The number of methoxy groups -OCH3 is 2. The molecule has 1 aromatic carbocycles. The summed E-state index contributed by atoms with van der Waals surface area (Å²) in [4.78, 5) is 15.2. The maximum absolute atomic E-state index is 13.1. The van der Waals surface area contributed by atoms with E-state index >= 15 is 0 Å². The van der Waals surface area contributed by atoms with Crippen LogP contribution in [0.4, 0.5) is 0 Å². The van der Waals surface area contributed by atoms with Gasteiger partial charge in [0.1, 0.15) is 11.5 Å². The molecule has 5 heteroatoms. The largest absolute Gasteiger partial charge is 0.497 e. The summed E-state index contributed by atoms with van der Waals surface area (Å²) in [5.74, 6) is 4.24. The van der Waals surface area contributed by atoms with Crippen molar-refractivity contribution in [3.63, 3.8) is 0 Å². The topological polar surface area (TPSA) is 50.8 Å². The molecule has 1 N–H and O–H groups in total. The van der Waals surface area contributed by atoms with E-state index in [0.29, 0.717) is 6.54 Å².